The summed E-state index contributed by atoms with van der Waals surface area (Å²) in [6.45, 7) is 3.50. The van der Waals surface area contributed by atoms with Gasteiger partial charge in [0.2, 0.25) is 11.8 Å². The zero-order valence-corrected chi connectivity index (χ0v) is 11.0. The highest BCUT2D eigenvalue weighted by atomic mass is 16.5. The molecule has 19 heavy (non-hydrogen) atoms. The minimum Gasteiger partial charge on any atom is -0.478 e. The molecule has 0 aliphatic heterocycles. The maximum absolute atomic E-state index is 5.45. The van der Waals surface area contributed by atoms with Gasteiger partial charge in [0.25, 0.3) is 0 Å². The largest absolute Gasteiger partial charge is 0.478 e. The first-order valence-corrected chi connectivity index (χ1v) is 6.42. The molecule has 102 valence electrons. The van der Waals surface area contributed by atoms with Crippen LogP contribution in [0.15, 0.2) is 18.6 Å². The number of nitrogens with zero attached hydrogens (tertiary/aromatic N) is 4. The Morgan fingerprint density at radius 3 is 3.11 bits per heavy atom. The zero-order chi connectivity index (χ0) is 13.3. The zero-order valence-electron chi connectivity index (χ0n) is 11.0. The van der Waals surface area contributed by atoms with E-state index in [0.29, 0.717) is 18.4 Å². The third kappa shape index (κ3) is 4.53. The summed E-state index contributed by atoms with van der Waals surface area (Å²) in [5, 5.41) is 9.79. The van der Waals surface area contributed by atoms with Crippen molar-refractivity contribution >= 4 is 5.95 Å². The molecule has 0 unspecified atom stereocenters. The van der Waals surface area contributed by atoms with Crippen LogP contribution in [0.5, 0.6) is 5.88 Å². The van der Waals surface area contributed by atoms with Gasteiger partial charge in [-0.25, -0.2) is 9.97 Å². The number of aromatic nitrogens is 5. The molecule has 7 heteroatoms. The summed E-state index contributed by atoms with van der Waals surface area (Å²) in [7, 11) is 0. The number of H-pyrrole nitrogens is 1. The van der Waals surface area contributed by atoms with Crippen LogP contribution in [0.4, 0.5) is 5.95 Å². The van der Waals surface area contributed by atoms with E-state index in [1.54, 1.807) is 12.3 Å². The quantitative estimate of drug-likeness (QED) is 0.700. The second-order valence-electron chi connectivity index (χ2n) is 4.03. The van der Waals surface area contributed by atoms with Crippen LogP contribution in [-0.2, 0) is 6.42 Å². The minimum atomic E-state index is 0.589. The van der Waals surface area contributed by atoms with Gasteiger partial charge in [-0.2, -0.15) is 10.1 Å². The number of rotatable bonds is 8. The van der Waals surface area contributed by atoms with Crippen molar-refractivity contribution < 1.29 is 4.74 Å². The summed E-state index contributed by atoms with van der Waals surface area (Å²) < 4.78 is 5.45. The van der Waals surface area contributed by atoms with E-state index in [0.717, 1.165) is 31.6 Å². The lowest BCUT2D eigenvalue weighted by Crippen LogP contribution is -2.08. The first kappa shape index (κ1) is 13.3. The van der Waals surface area contributed by atoms with Gasteiger partial charge in [-0.15, -0.1) is 0 Å². The van der Waals surface area contributed by atoms with E-state index in [-0.39, 0.29) is 0 Å². The Labute approximate surface area is 111 Å². The van der Waals surface area contributed by atoms with Gasteiger partial charge in [-0.3, -0.25) is 5.10 Å². The lowest BCUT2D eigenvalue weighted by molar-refractivity contribution is 0.305. The van der Waals surface area contributed by atoms with E-state index in [1.807, 2.05) is 0 Å². The monoisotopic (exact) mass is 262 g/mol. The molecule has 0 saturated carbocycles. The number of hydrogen-bond donors (Lipinski definition) is 2. The molecule has 0 spiro atoms. The van der Waals surface area contributed by atoms with Crippen molar-refractivity contribution in [2.45, 2.75) is 26.2 Å². The molecule has 0 radical (unpaired) electrons. The summed E-state index contributed by atoms with van der Waals surface area (Å²) in [5.74, 6) is 2.09. The van der Waals surface area contributed by atoms with Crippen molar-refractivity contribution in [1.82, 2.24) is 25.1 Å². The molecule has 2 heterocycles. The topological polar surface area (TPSA) is 88.6 Å². The van der Waals surface area contributed by atoms with Gasteiger partial charge < -0.3 is 10.1 Å². The summed E-state index contributed by atoms with van der Waals surface area (Å²) in [4.78, 5) is 12.5. The van der Waals surface area contributed by atoms with Gasteiger partial charge in [-0.1, -0.05) is 6.92 Å². The van der Waals surface area contributed by atoms with Crippen molar-refractivity contribution in [3.63, 3.8) is 0 Å². The first-order valence-electron chi connectivity index (χ1n) is 6.42. The standard InChI is InChI=1S/C12H18N6O/c1-2-8-19-11-5-7-14-12(17-11)13-6-3-4-10-15-9-16-18-10/h5,7,9H,2-4,6,8H2,1H3,(H,13,14,17)(H,15,16,18). The molecular weight excluding hydrogens is 244 g/mol. The van der Waals surface area contributed by atoms with Gasteiger partial charge in [0.05, 0.1) is 6.61 Å². The molecule has 0 atom stereocenters. The van der Waals surface area contributed by atoms with Crippen molar-refractivity contribution in [2.24, 2.45) is 0 Å². The van der Waals surface area contributed by atoms with E-state index in [4.69, 9.17) is 4.74 Å². The van der Waals surface area contributed by atoms with Crippen molar-refractivity contribution in [1.29, 1.82) is 0 Å². The lowest BCUT2D eigenvalue weighted by Gasteiger charge is -2.06. The third-order valence-corrected chi connectivity index (χ3v) is 2.42. The fourth-order valence-corrected chi connectivity index (χ4v) is 1.52. The van der Waals surface area contributed by atoms with E-state index < -0.39 is 0 Å². The first-order chi connectivity index (χ1) is 9.38. The Hall–Kier alpha value is -2.18. The highest BCUT2D eigenvalue weighted by Gasteiger charge is 2.00. The average Bonchev–Trinajstić information content (AvgIpc) is 2.95. The maximum Gasteiger partial charge on any atom is 0.225 e. The predicted octanol–water partition coefficient (Wildman–Crippen LogP) is 1.43. The fourth-order valence-electron chi connectivity index (χ4n) is 1.52. The Morgan fingerprint density at radius 2 is 2.32 bits per heavy atom. The van der Waals surface area contributed by atoms with Crippen LogP contribution in [0.2, 0.25) is 0 Å². The van der Waals surface area contributed by atoms with Crippen LogP contribution in [-0.4, -0.2) is 38.3 Å². The van der Waals surface area contributed by atoms with Crippen LogP contribution in [0.1, 0.15) is 25.6 Å². The summed E-state index contributed by atoms with van der Waals surface area (Å²) >= 11 is 0. The van der Waals surface area contributed by atoms with Crippen LogP contribution >= 0.6 is 0 Å². The molecule has 2 rings (SSSR count). The molecule has 2 N–H and O–H groups in total. The third-order valence-electron chi connectivity index (χ3n) is 2.42. The predicted molar refractivity (Wildman–Crippen MR) is 71.0 cm³/mol. The Kier molecular flexibility index (Phi) is 5.09. The maximum atomic E-state index is 5.45. The van der Waals surface area contributed by atoms with Crippen molar-refractivity contribution in [3.05, 3.63) is 24.4 Å². The van der Waals surface area contributed by atoms with Crippen LogP contribution in [0.25, 0.3) is 0 Å². The smallest absolute Gasteiger partial charge is 0.225 e. The molecule has 0 aromatic carbocycles. The van der Waals surface area contributed by atoms with Crippen LogP contribution < -0.4 is 10.1 Å². The summed E-state index contributed by atoms with van der Waals surface area (Å²) in [6, 6.07) is 1.76. The highest BCUT2D eigenvalue weighted by Crippen LogP contribution is 2.08. The number of aryl methyl sites for hydroxylation is 1. The van der Waals surface area contributed by atoms with Crippen molar-refractivity contribution in [3.8, 4) is 5.88 Å². The Morgan fingerprint density at radius 1 is 1.37 bits per heavy atom. The lowest BCUT2D eigenvalue weighted by atomic mass is 10.3. The number of nitrogens with one attached hydrogen (secondary N) is 2. The molecule has 0 bridgehead atoms. The second kappa shape index (κ2) is 7.30. The van der Waals surface area contributed by atoms with Gasteiger partial charge in [-0.05, 0) is 12.8 Å². The molecule has 0 aliphatic carbocycles. The number of anilines is 1. The number of ether oxygens (including phenoxy) is 1. The molecule has 2 aromatic rings. The van der Waals surface area contributed by atoms with Crippen LogP contribution in [0.3, 0.4) is 0 Å². The molecule has 0 saturated heterocycles. The SMILES string of the molecule is CCCOc1ccnc(NCCCc2ncn[nH]2)n1. The number of hydrogen-bond acceptors (Lipinski definition) is 6. The molecule has 0 amide bonds. The second-order valence-corrected chi connectivity index (χ2v) is 4.03. The number of aromatic amines is 1. The van der Waals surface area contributed by atoms with E-state index in [1.165, 1.54) is 6.33 Å². The summed E-state index contributed by atoms with van der Waals surface area (Å²) in [5.41, 5.74) is 0. The van der Waals surface area contributed by atoms with E-state index in [9.17, 15) is 0 Å². The normalized spacial score (nSPS) is 10.4. The van der Waals surface area contributed by atoms with Gasteiger partial charge >= 0.3 is 0 Å². The Balaban J connectivity index is 1.73. The Bertz CT molecular complexity index is 473. The summed E-state index contributed by atoms with van der Waals surface area (Å²) in [6.07, 6.45) is 5.94. The van der Waals surface area contributed by atoms with Crippen LogP contribution in [0, 0.1) is 0 Å². The molecule has 0 fully saturated rings. The average molecular weight is 262 g/mol. The minimum absolute atomic E-state index is 0.589. The van der Waals surface area contributed by atoms with E-state index in [2.05, 4.69) is 37.4 Å². The molecule has 2 aromatic heterocycles. The highest BCUT2D eigenvalue weighted by molar-refractivity contribution is 5.27. The van der Waals surface area contributed by atoms with Gasteiger partial charge in [0, 0.05) is 25.2 Å². The fraction of sp³-hybridized carbons (Fsp3) is 0.500. The van der Waals surface area contributed by atoms with Crippen molar-refractivity contribution in [2.75, 3.05) is 18.5 Å². The molecule has 7 nitrogen and oxygen atoms in total. The van der Waals surface area contributed by atoms with Gasteiger partial charge in [0.15, 0.2) is 0 Å². The molecule has 0 aliphatic rings. The van der Waals surface area contributed by atoms with E-state index >= 15 is 0 Å². The van der Waals surface area contributed by atoms with Gasteiger partial charge in [0.1, 0.15) is 12.2 Å². The molecular formula is C12H18N6O.